The maximum Gasteiger partial charge on any atom is 0.318 e. The molecule has 0 bridgehead atoms. The van der Waals surface area contributed by atoms with Gasteiger partial charge < -0.3 is 5.73 Å². The fourth-order valence-electron chi connectivity index (χ4n) is 3.29. The molecule has 0 aliphatic carbocycles. The predicted octanol–water partition coefficient (Wildman–Crippen LogP) is 2.22. The number of imide groups is 1. The molecule has 0 saturated carbocycles. The molecule has 0 aromatic heterocycles. The van der Waals surface area contributed by atoms with E-state index >= 15 is 0 Å². The summed E-state index contributed by atoms with van der Waals surface area (Å²) in [7, 11) is 0. The molecule has 2 unspecified atom stereocenters. The second-order valence-corrected chi connectivity index (χ2v) is 6.12. The average Bonchev–Trinajstić information content (AvgIpc) is 2.60. The molecule has 2 atom stereocenters. The van der Waals surface area contributed by atoms with Crippen LogP contribution >= 0.6 is 0 Å². The minimum absolute atomic E-state index is 0.194. The Balaban J connectivity index is 1.90. The Kier molecular flexibility index (Phi) is 4.62. The van der Waals surface area contributed by atoms with E-state index in [2.05, 4.69) is 34.5 Å². The molecule has 2 aromatic carbocycles. The first-order chi connectivity index (χ1) is 11.6. The van der Waals surface area contributed by atoms with E-state index < -0.39 is 12.1 Å². The summed E-state index contributed by atoms with van der Waals surface area (Å²) >= 11 is 0. The number of urea groups is 1. The maximum absolute atomic E-state index is 12.2. The summed E-state index contributed by atoms with van der Waals surface area (Å²) in [5.41, 5.74) is 8.78. The molecule has 3 amide bonds. The molecule has 124 valence electrons. The van der Waals surface area contributed by atoms with Crippen LogP contribution in [-0.2, 0) is 11.3 Å². The molecule has 3 rings (SSSR count). The van der Waals surface area contributed by atoms with E-state index in [1.165, 1.54) is 16.7 Å². The van der Waals surface area contributed by atoms with E-state index in [-0.39, 0.29) is 11.8 Å². The van der Waals surface area contributed by atoms with Crippen LogP contribution in [0.4, 0.5) is 4.79 Å². The normalized spacial score (nSPS) is 18.5. The number of hydrogen-bond acceptors (Lipinski definition) is 3. The van der Waals surface area contributed by atoms with Gasteiger partial charge in [0.05, 0.1) is 6.04 Å². The van der Waals surface area contributed by atoms with Crippen LogP contribution in [0.5, 0.6) is 0 Å². The number of carbonyl (C=O) groups is 2. The Morgan fingerprint density at radius 1 is 1.12 bits per heavy atom. The number of nitrogens with one attached hydrogen (secondary N) is 1. The van der Waals surface area contributed by atoms with E-state index in [0.717, 1.165) is 0 Å². The van der Waals surface area contributed by atoms with Crippen molar-refractivity contribution in [2.45, 2.75) is 25.4 Å². The van der Waals surface area contributed by atoms with Crippen molar-refractivity contribution >= 4 is 11.9 Å². The zero-order valence-electron chi connectivity index (χ0n) is 13.6. The average molecular weight is 323 g/mol. The Morgan fingerprint density at radius 3 is 2.50 bits per heavy atom. The molecule has 0 saturated heterocycles. The monoisotopic (exact) mass is 323 g/mol. The van der Waals surface area contributed by atoms with E-state index in [9.17, 15) is 9.59 Å². The summed E-state index contributed by atoms with van der Waals surface area (Å²) in [6, 6.07) is 17.3. The molecular formula is C19H21N3O2. The van der Waals surface area contributed by atoms with Gasteiger partial charge in [-0.15, -0.1) is 0 Å². The summed E-state index contributed by atoms with van der Waals surface area (Å²) in [5, 5.41) is 2.18. The third kappa shape index (κ3) is 3.31. The van der Waals surface area contributed by atoms with E-state index in [1.54, 1.807) is 6.92 Å². The molecule has 5 heteroatoms. The highest BCUT2D eigenvalue weighted by Crippen LogP contribution is 2.34. The van der Waals surface area contributed by atoms with Crippen molar-refractivity contribution in [1.29, 1.82) is 0 Å². The predicted molar refractivity (Wildman–Crippen MR) is 92.3 cm³/mol. The van der Waals surface area contributed by atoms with Crippen LogP contribution in [0, 0.1) is 0 Å². The SMILES string of the molecule is CC(C(=O)NC(N)=O)N1Cc2ccccc2C(c2ccccc2)C1. The molecule has 24 heavy (non-hydrogen) atoms. The molecule has 2 aromatic rings. The van der Waals surface area contributed by atoms with Crippen LogP contribution in [0.1, 0.15) is 29.5 Å². The standard InChI is InChI=1S/C19H21N3O2/c1-13(18(23)21-19(20)24)22-11-15-9-5-6-10-16(15)17(12-22)14-7-3-2-4-8-14/h2-10,13,17H,11-12H2,1H3,(H3,20,21,23,24). The molecule has 5 nitrogen and oxygen atoms in total. The molecule has 1 heterocycles. The zero-order valence-corrected chi connectivity index (χ0v) is 13.6. The van der Waals surface area contributed by atoms with Gasteiger partial charge in [-0.3, -0.25) is 15.0 Å². The van der Waals surface area contributed by atoms with Gasteiger partial charge in [-0.2, -0.15) is 0 Å². The lowest BCUT2D eigenvalue weighted by atomic mass is 9.84. The van der Waals surface area contributed by atoms with Crippen LogP contribution in [0.3, 0.4) is 0 Å². The lowest BCUT2D eigenvalue weighted by Crippen LogP contribution is -2.50. The minimum atomic E-state index is -0.816. The summed E-state index contributed by atoms with van der Waals surface area (Å²) in [6.07, 6.45) is 0. The molecule has 0 spiro atoms. The lowest BCUT2D eigenvalue weighted by Gasteiger charge is -2.37. The Labute approximate surface area is 141 Å². The first-order valence-corrected chi connectivity index (χ1v) is 8.03. The first-order valence-electron chi connectivity index (χ1n) is 8.03. The summed E-state index contributed by atoms with van der Waals surface area (Å²) < 4.78 is 0. The number of hydrogen-bond donors (Lipinski definition) is 2. The Hall–Kier alpha value is -2.66. The largest absolute Gasteiger partial charge is 0.351 e. The summed E-state index contributed by atoms with van der Waals surface area (Å²) in [6.45, 7) is 3.19. The van der Waals surface area contributed by atoms with Crippen LogP contribution in [0.25, 0.3) is 0 Å². The van der Waals surface area contributed by atoms with Gasteiger partial charge >= 0.3 is 6.03 Å². The van der Waals surface area contributed by atoms with Crippen molar-refractivity contribution in [3.63, 3.8) is 0 Å². The molecule has 0 radical (unpaired) electrons. The van der Waals surface area contributed by atoms with Crippen LogP contribution in [0.2, 0.25) is 0 Å². The second kappa shape index (κ2) is 6.84. The number of carbonyl (C=O) groups excluding carboxylic acids is 2. The fourth-order valence-corrected chi connectivity index (χ4v) is 3.29. The third-order valence-corrected chi connectivity index (χ3v) is 4.60. The summed E-state index contributed by atoms with van der Waals surface area (Å²) in [4.78, 5) is 25.2. The minimum Gasteiger partial charge on any atom is -0.351 e. The van der Waals surface area contributed by atoms with Crippen molar-refractivity contribution < 1.29 is 9.59 Å². The molecule has 0 fully saturated rings. The van der Waals surface area contributed by atoms with Crippen LogP contribution in [-0.4, -0.2) is 29.4 Å². The molecule has 1 aliphatic rings. The van der Waals surface area contributed by atoms with Gasteiger partial charge in [-0.05, 0) is 23.6 Å². The van der Waals surface area contributed by atoms with Crippen molar-refractivity contribution in [1.82, 2.24) is 10.2 Å². The fraction of sp³-hybridized carbons (Fsp3) is 0.263. The van der Waals surface area contributed by atoms with Crippen molar-refractivity contribution in [3.05, 3.63) is 71.3 Å². The molecular weight excluding hydrogens is 302 g/mol. The number of nitrogens with two attached hydrogens (primary N) is 1. The van der Waals surface area contributed by atoms with E-state index in [1.807, 2.05) is 30.3 Å². The topological polar surface area (TPSA) is 75.4 Å². The highest BCUT2D eigenvalue weighted by Gasteiger charge is 2.31. The quantitative estimate of drug-likeness (QED) is 0.909. The number of amides is 3. The van der Waals surface area contributed by atoms with E-state index in [4.69, 9.17) is 5.73 Å². The highest BCUT2D eigenvalue weighted by molar-refractivity contribution is 5.96. The highest BCUT2D eigenvalue weighted by atomic mass is 16.2. The molecule has 3 N–H and O–H groups in total. The van der Waals surface area contributed by atoms with Gasteiger partial charge in [0, 0.05) is 19.0 Å². The number of fused-ring (bicyclic) bond motifs is 1. The smallest absolute Gasteiger partial charge is 0.318 e. The van der Waals surface area contributed by atoms with Crippen LogP contribution < -0.4 is 11.1 Å². The number of benzene rings is 2. The Bertz CT molecular complexity index is 745. The van der Waals surface area contributed by atoms with E-state index in [0.29, 0.717) is 13.1 Å². The summed E-state index contributed by atoms with van der Waals surface area (Å²) in [5.74, 6) is -0.173. The van der Waals surface area contributed by atoms with Crippen molar-refractivity contribution in [2.75, 3.05) is 6.54 Å². The van der Waals surface area contributed by atoms with Gasteiger partial charge in [-0.1, -0.05) is 54.6 Å². The van der Waals surface area contributed by atoms with Gasteiger partial charge in [0.2, 0.25) is 5.91 Å². The maximum atomic E-state index is 12.2. The second-order valence-electron chi connectivity index (χ2n) is 6.12. The number of nitrogens with zero attached hydrogens (tertiary/aromatic N) is 1. The van der Waals surface area contributed by atoms with Gasteiger partial charge in [0.1, 0.15) is 0 Å². The zero-order chi connectivity index (χ0) is 17.1. The lowest BCUT2D eigenvalue weighted by molar-refractivity contribution is -0.125. The first kappa shape index (κ1) is 16.2. The number of primary amides is 1. The van der Waals surface area contributed by atoms with Gasteiger partial charge in [0.25, 0.3) is 0 Å². The Morgan fingerprint density at radius 2 is 1.79 bits per heavy atom. The molecule has 1 aliphatic heterocycles. The van der Waals surface area contributed by atoms with Crippen LogP contribution in [0.15, 0.2) is 54.6 Å². The van der Waals surface area contributed by atoms with Gasteiger partial charge in [0.15, 0.2) is 0 Å². The van der Waals surface area contributed by atoms with Gasteiger partial charge in [-0.25, -0.2) is 4.79 Å². The van der Waals surface area contributed by atoms with Crippen molar-refractivity contribution in [3.8, 4) is 0 Å². The number of rotatable bonds is 3. The third-order valence-electron chi connectivity index (χ3n) is 4.60. The van der Waals surface area contributed by atoms with Crippen molar-refractivity contribution in [2.24, 2.45) is 5.73 Å².